The largest absolute Gasteiger partial charge is 0.481 e. The zero-order valence-electron chi connectivity index (χ0n) is 7.07. The van der Waals surface area contributed by atoms with Crippen molar-refractivity contribution >= 4 is 5.97 Å². The quantitative estimate of drug-likeness (QED) is 0.579. The Hall–Kier alpha value is -0.830. The van der Waals surface area contributed by atoms with E-state index in [1.54, 1.807) is 0 Å². The molecule has 0 saturated carbocycles. The molecule has 0 aromatic rings. The van der Waals surface area contributed by atoms with Gasteiger partial charge in [-0.3, -0.25) is 4.79 Å². The lowest BCUT2D eigenvalue weighted by Crippen LogP contribution is -2.34. The fraction of sp³-hybridized carbons (Fsp3) is 0.667. The Bertz CT molecular complexity index is 189. The van der Waals surface area contributed by atoms with Gasteiger partial charge in [0.25, 0.3) is 0 Å². The van der Waals surface area contributed by atoms with E-state index in [1.807, 2.05) is 12.2 Å². The molecule has 0 aliphatic heterocycles. The van der Waals surface area contributed by atoms with Crippen LogP contribution < -0.4 is 5.73 Å². The molecule has 0 aromatic heterocycles. The number of allylic oxidation sites excluding steroid dienone is 1. The van der Waals surface area contributed by atoms with Crippen LogP contribution in [0.25, 0.3) is 0 Å². The molecular formula is C9H15NO2. The zero-order chi connectivity index (χ0) is 8.97. The summed E-state index contributed by atoms with van der Waals surface area (Å²) < 4.78 is 0. The average molecular weight is 169 g/mol. The molecule has 0 amide bonds. The van der Waals surface area contributed by atoms with Gasteiger partial charge in [0.05, 0.1) is 5.92 Å². The zero-order valence-corrected chi connectivity index (χ0v) is 7.07. The molecule has 0 fully saturated rings. The third-order valence-corrected chi connectivity index (χ3v) is 2.28. The standard InChI is InChI=1S/C9H15NO2/c10-8-6-4-2-1-3-5-7(8)9(11)12/h4,6-8H,1-3,5,10H2,(H,11,12)/b6-4-/t7-,8+/m1/s1. The van der Waals surface area contributed by atoms with Crippen LogP contribution in [-0.2, 0) is 4.79 Å². The molecule has 1 aliphatic rings. The van der Waals surface area contributed by atoms with Gasteiger partial charge >= 0.3 is 5.97 Å². The maximum atomic E-state index is 10.7. The van der Waals surface area contributed by atoms with Crippen molar-refractivity contribution in [3.05, 3.63) is 12.2 Å². The van der Waals surface area contributed by atoms with Crippen molar-refractivity contribution in [2.45, 2.75) is 31.7 Å². The second kappa shape index (κ2) is 4.26. The molecule has 0 radical (unpaired) electrons. The fourth-order valence-corrected chi connectivity index (χ4v) is 1.49. The van der Waals surface area contributed by atoms with Crippen molar-refractivity contribution in [1.82, 2.24) is 0 Å². The van der Waals surface area contributed by atoms with Gasteiger partial charge in [0.2, 0.25) is 0 Å². The van der Waals surface area contributed by atoms with Crippen LogP contribution in [-0.4, -0.2) is 17.1 Å². The van der Waals surface area contributed by atoms with Crippen LogP contribution in [0.5, 0.6) is 0 Å². The molecule has 0 bridgehead atoms. The summed E-state index contributed by atoms with van der Waals surface area (Å²) in [6.07, 6.45) is 7.58. The van der Waals surface area contributed by atoms with Crippen molar-refractivity contribution in [3.63, 3.8) is 0 Å². The topological polar surface area (TPSA) is 63.3 Å². The highest BCUT2D eigenvalue weighted by Crippen LogP contribution is 2.17. The molecule has 3 heteroatoms. The van der Waals surface area contributed by atoms with Crippen LogP contribution >= 0.6 is 0 Å². The number of nitrogens with two attached hydrogens (primary N) is 1. The second-order valence-corrected chi connectivity index (χ2v) is 3.23. The van der Waals surface area contributed by atoms with Crippen LogP contribution in [0, 0.1) is 5.92 Å². The van der Waals surface area contributed by atoms with E-state index in [2.05, 4.69) is 0 Å². The van der Waals surface area contributed by atoms with Crippen LogP contribution in [0.4, 0.5) is 0 Å². The normalized spacial score (nSPS) is 33.4. The van der Waals surface area contributed by atoms with Crippen LogP contribution in [0.3, 0.4) is 0 Å². The Balaban J connectivity index is 2.62. The van der Waals surface area contributed by atoms with Crippen molar-refractivity contribution in [2.75, 3.05) is 0 Å². The number of carbonyl (C=O) groups is 1. The third kappa shape index (κ3) is 2.34. The Kier molecular flexibility index (Phi) is 3.29. The van der Waals surface area contributed by atoms with Crippen LogP contribution in [0.2, 0.25) is 0 Å². The molecule has 0 unspecified atom stereocenters. The summed E-state index contributed by atoms with van der Waals surface area (Å²) in [5.74, 6) is -1.16. The Morgan fingerprint density at radius 3 is 2.92 bits per heavy atom. The minimum atomic E-state index is -0.769. The minimum absolute atomic E-state index is 0.303. The Labute approximate surface area is 72.3 Å². The van der Waals surface area contributed by atoms with E-state index in [1.165, 1.54) is 0 Å². The highest BCUT2D eigenvalue weighted by atomic mass is 16.4. The van der Waals surface area contributed by atoms with Gasteiger partial charge in [-0.1, -0.05) is 18.6 Å². The van der Waals surface area contributed by atoms with Gasteiger partial charge in [0.1, 0.15) is 0 Å². The van der Waals surface area contributed by atoms with Crippen molar-refractivity contribution in [2.24, 2.45) is 11.7 Å². The summed E-state index contributed by atoms with van der Waals surface area (Å²) in [4.78, 5) is 10.7. The molecule has 68 valence electrons. The highest BCUT2D eigenvalue weighted by Gasteiger charge is 2.23. The van der Waals surface area contributed by atoms with Gasteiger partial charge < -0.3 is 10.8 Å². The maximum Gasteiger partial charge on any atom is 0.308 e. The number of rotatable bonds is 1. The first-order chi connectivity index (χ1) is 5.72. The molecule has 2 atom stereocenters. The monoisotopic (exact) mass is 169 g/mol. The molecule has 1 aliphatic carbocycles. The molecular weight excluding hydrogens is 154 g/mol. The first-order valence-corrected chi connectivity index (χ1v) is 4.37. The lowest BCUT2D eigenvalue weighted by Gasteiger charge is -2.18. The minimum Gasteiger partial charge on any atom is -0.481 e. The average Bonchev–Trinajstić information content (AvgIpc) is 1.96. The van der Waals surface area contributed by atoms with Gasteiger partial charge in [0.15, 0.2) is 0 Å². The molecule has 3 nitrogen and oxygen atoms in total. The number of carboxylic acids is 1. The molecule has 0 aromatic carbocycles. The Morgan fingerprint density at radius 1 is 1.50 bits per heavy atom. The maximum absolute atomic E-state index is 10.7. The van der Waals surface area contributed by atoms with Crippen LogP contribution in [0.1, 0.15) is 25.7 Å². The fourth-order valence-electron chi connectivity index (χ4n) is 1.49. The van der Waals surface area contributed by atoms with Gasteiger partial charge in [-0.05, 0) is 19.3 Å². The molecule has 0 heterocycles. The van der Waals surface area contributed by atoms with Crippen molar-refractivity contribution in [3.8, 4) is 0 Å². The Morgan fingerprint density at radius 2 is 2.25 bits per heavy atom. The van der Waals surface area contributed by atoms with Crippen molar-refractivity contribution < 1.29 is 9.90 Å². The summed E-state index contributed by atoms with van der Waals surface area (Å²) in [6.45, 7) is 0. The van der Waals surface area contributed by atoms with E-state index in [4.69, 9.17) is 10.8 Å². The predicted molar refractivity (Wildman–Crippen MR) is 46.7 cm³/mol. The lowest BCUT2D eigenvalue weighted by atomic mass is 9.91. The molecule has 12 heavy (non-hydrogen) atoms. The van der Waals surface area contributed by atoms with E-state index in [0.29, 0.717) is 6.42 Å². The third-order valence-electron chi connectivity index (χ3n) is 2.28. The first-order valence-electron chi connectivity index (χ1n) is 4.37. The summed E-state index contributed by atoms with van der Waals surface area (Å²) >= 11 is 0. The molecule has 3 N–H and O–H groups in total. The number of aliphatic carboxylic acids is 1. The second-order valence-electron chi connectivity index (χ2n) is 3.23. The van der Waals surface area contributed by atoms with Gasteiger partial charge in [-0.2, -0.15) is 0 Å². The van der Waals surface area contributed by atoms with E-state index in [9.17, 15) is 4.79 Å². The SMILES string of the molecule is N[C@H]1/C=C\CCCC[C@H]1C(=O)O. The summed E-state index contributed by atoms with van der Waals surface area (Å²) in [7, 11) is 0. The highest BCUT2D eigenvalue weighted by molar-refractivity contribution is 5.71. The van der Waals surface area contributed by atoms with Gasteiger partial charge in [-0.15, -0.1) is 0 Å². The van der Waals surface area contributed by atoms with E-state index in [0.717, 1.165) is 19.3 Å². The number of hydrogen-bond donors (Lipinski definition) is 2. The van der Waals surface area contributed by atoms with E-state index < -0.39 is 5.97 Å². The smallest absolute Gasteiger partial charge is 0.308 e. The number of carboxylic acid groups (broad SMARTS) is 1. The molecule has 1 rings (SSSR count). The van der Waals surface area contributed by atoms with E-state index in [-0.39, 0.29) is 12.0 Å². The predicted octanol–water partition coefficient (Wildman–Crippen LogP) is 1.14. The van der Waals surface area contributed by atoms with Gasteiger partial charge in [-0.25, -0.2) is 0 Å². The van der Waals surface area contributed by atoms with Gasteiger partial charge in [0, 0.05) is 6.04 Å². The first kappa shape index (κ1) is 9.26. The molecule has 0 saturated heterocycles. The lowest BCUT2D eigenvalue weighted by molar-refractivity contribution is -0.142. The number of hydrogen-bond acceptors (Lipinski definition) is 2. The van der Waals surface area contributed by atoms with Crippen LogP contribution in [0.15, 0.2) is 12.2 Å². The summed E-state index contributed by atoms with van der Waals surface area (Å²) in [5, 5.41) is 8.81. The molecule has 0 spiro atoms. The summed E-state index contributed by atoms with van der Waals surface area (Å²) in [5.41, 5.74) is 5.68. The van der Waals surface area contributed by atoms with Crippen molar-refractivity contribution in [1.29, 1.82) is 0 Å². The van der Waals surface area contributed by atoms with E-state index >= 15 is 0 Å². The summed E-state index contributed by atoms with van der Waals surface area (Å²) in [6, 6.07) is -0.303.